The summed E-state index contributed by atoms with van der Waals surface area (Å²) < 4.78 is 11.3. The van der Waals surface area contributed by atoms with Gasteiger partial charge in [-0.15, -0.1) is 0 Å². The average Bonchev–Trinajstić information content (AvgIpc) is 2.91. The van der Waals surface area contributed by atoms with Crippen molar-refractivity contribution in [1.29, 1.82) is 0 Å². The molecular weight excluding hydrogens is 456 g/mol. The molecule has 6 rings (SSSR count). The molecule has 0 aliphatic heterocycles. The summed E-state index contributed by atoms with van der Waals surface area (Å²) in [5.41, 5.74) is 2.27. The molecule has 176 valence electrons. The predicted molar refractivity (Wildman–Crippen MR) is 139 cm³/mol. The minimum Gasteiger partial charge on any atom is -0.504 e. The van der Waals surface area contributed by atoms with Gasteiger partial charge in [-0.25, -0.2) is 0 Å². The van der Waals surface area contributed by atoms with Gasteiger partial charge in [-0.1, -0.05) is 72.8 Å². The van der Waals surface area contributed by atoms with Gasteiger partial charge in [0.05, 0.1) is 10.8 Å². The first-order chi connectivity index (χ1) is 17.5. The first-order valence-electron chi connectivity index (χ1n) is 11.1. The van der Waals surface area contributed by atoms with Crippen molar-refractivity contribution in [3.05, 3.63) is 130 Å². The van der Waals surface area contributed by atoms with Crippen LogP contribution in [-0.2, 0) is 0 Å². The van der Waals surface area contributed by atoms with Gasteiger partial charge in [-0.3, -0.25) is 9.59 Å². The molecule has 6 heteroatoms. The van der Waals surface area contributed by atoms with E-state index >= 15 is 0 Å². The molecule has 0 aliphatic carbocycles. The van der Waals surface area contributed by atoms with E-state index in [-0.39, 0.29) is 33.3 Å². The number of aromatic hydroxyl groups is 2. The van der Waals surface area contributed by atoms with Crippen molar-refractivity contribution in [2.45, 2.75) is 0 Å². The van der Waals surface area contributed by atoms with Crippen LogP contribution in [0.25, 0.3) is 44.6 Å². The highest BCUT2D eigenvalue weighted by molar-refractivity contribution is 5.82. The molecular formula is C30H20O6. The molecule has 0 fully saturated rings. The van der Waals surface area contributed by atoms with Gasteiger partial charge in [0.15, 0.2) is 22.4 Å². The zero-order valence-electron chi connectivity index (χ0n) is 18.9. The van der Waals surface area contributed by atoms with E-state index in [4.69, 9.17) is 8.83 Å². The number of rotatable bonds is 2. The number of para-hydroxylation sites is 1. The number of hydrogen-bond donors (Lipinski definition) is 2. The van der Waals surface area contributed by atoms with Crippen molar-refractivity contribution in [3.63, 3.8) is 0 Å². The molecule has 2 aromatic heterocycles. The highest BCUT2D eigenvalue weighted by Crippen LogP contribution is 2.30. The van der Waals surface area contributed by atoms with Gasteiger partial charge < -0.3 is 19.0 Å². The van der Waals surface area contributed by atoms with E-state index in [0.29, 0.717) is 22.5 Å². The zero-order valence-corrected chi connectivity index (χ0v) is 18.9. The van der Waals surface area contributed by atoms with Crippen LogP contribution in [0.4, 0.5) is 0 Å². The predicted octanol–water partition coefficient (Wildman–Crippen LogP) is 6.33. The number of hydrogen-bond acceptors (Lipinski definition) is 6. The van der Waals surface area contributed by atoms with E-state index < -0.39 is 0 Å². The van der Waals surface area contributed by atoms with Gasteiger partial charge in [0, 0.05) is 29.3 Å². The topological polar surface area (TPSA) is 101 Å². The first kappa shape index (κ1) is 22.7. The lowest BCUT2D eigenvalue weighted by atomic mass is 10.1. The van der Waals surface area contributed by atoms with Crippen molar-refractivity contribution >= 4 is 21.9 Å². The van der Waals surface area contributed by atoms with Crippen LogP contribution in [0.15, 0.2) is 128 Å². The van der Waals surface area contributed by atoms with Gasteiger partial charge in [0.25, 0.3) is 0 Å². The van der Waals surface area contributed by atoms with Crippen LogP contribution in [-0.4, -0.2) is 10.2 Å². The summed E-state index contributed by atoms with van der Waals surface area (Å²) in [5, 5.41) is 19.7. The van der Waals surface area contributed by atoms with E-state index in [9.17, 15) is 19.8 Å². The molecule has 2 heterocycles. The molecule has 0 spiro atoms. The molecule has 0 aliphatic rings. The quantitative estimate of drug-likeness (QED) is 0.283. The van der Waals surface area contributed by atoms with Crippen molar-refractivity contribution in [2.75, 3.05) is 0 Å². The average molecular weight is 476 g/mol. The maximum atomic E-state index is 12.0. The van der Waals surface area contributed by atoms with E-state index in [0.717, 1.165) is 11.1 Å². The van der Waals surface area contributed by atoms with Crippen LogP contribution in [0, 0.1) is 0 Å². The third kappa shape index (κ3) is 4.60. The molecule has 0 atom stereocenters. The van der Waals surface area contributed by atoms with Crippen molar-refractivity contribution < 1.29 is 19.0 Å². The van der Waals surface area contributed by atoms with E-state index in [1.165, 1.54) is 24.3 Å². The molecule has 2 N–H and O–H groups in total. The highest BCUT2D eigenvalue weighted by atomic mass is 16.3. The van der Waals surface area contributed by atoms with Gasteiger partial charge in [-0.2, -0.15) is 0 Å². The molecule has 4 aromatic carbocycles. The molecule has 0 saturated carbocycles. The lowest BCUT2D eigenvalue weighted by Gasteiger charge is -2.04. The van der Waals surface area contributed by atoms with E-state index in [1.807, 2.05) is 78.9 Å². The molecule has 6 nitrogen and oxygen atoms in total. The van der Waals surface area contributed by atoms with Crippen LogP contribution < -0.4 is 10.9 Å². The Kier molecular flexibility index (Phi) is 6.07. The van der Waals surface area contributed by atoms with Crippen molar-refractivity contribution in [3.8, 4) is 34.1 Å². The standard InChI is InChI=1S/C15H10O4.C15H10O2/c16-11-7-14(9-4-2-1-3-5-9)19-15-8-13(18)12(17)6-10(11)15;16-13-10-15(11-6-2-1-3-7-11)17-14-9-5-4-8-12(13)14/h1-8,17-18H;1-10H. The summed E-state index contributed by atoms with van der Waals surface area (Å²) in [6.07, 6.45) is 0. The number of benzene rings is 4. The largest absolute Gasteiger partial charge is 0.504 e. The third-order valence-corrected chi connectivity index (χ3v) is 5.58. The third-order valence-electron chi connectivity index (χ3n) is 5.58. The Hall–Kier alpha value is -5.10. The van der Waals surface area contributed by atoms with Crippen molar-refractivity contribution in [2.24, 2.45) is 0 Å². The lowest BCUT2D eigenvalue weighted by molar-refractivity contribution is 0.403. The summed E-state index contributed by atoms with van der Waals surface area (Å²) in [4.78, 5) is 23.9. The van der Waals surface area contributed by atoms with E-state index in [1.54, 1.807) is 6.07 Å². The Morgan fingerprint density at radius 3 is 1.56 bits per heavy atom. The normalized spacial score (nSPS) is 10.7. The SMILES string of the molecule is O=c1cc(-c2ccccc2)oc2cc(O)c(O)cc12.O=c1cc(-c2ccccc2)oc2ccccc12. The minimum absolute atomic E-state index is 0.00861. The minimum atomic E-state index is -0.340. The number of phenols is 2. The Balaban J connectivity index is 0.000000149. The Bertz CT molecular complexity index is 1780. The second-order valence-corrected chi connectivity index (χ2v) is 8.02. The summed E-state index contributed by atoms with van der Waals surface area (Å²) in [7, 11) is 0. The van der Waals surface area contributed by atoms with Gasteiger partial charge in [0.1, 0.15) is 22.7 Å². The number of phenolic OH excluding ortho intramolecular Hbond substituents is 2. The second-order valence-electron chi connectivity index (χ2n) is 8.02. The molecule has 0 radical (unpaired) electrons. The monoisotopic (exact) mass is 476 g/mol. The fourth-order valence-corrected chi connectivity index (χ4v) is 3.77. The second kappa shape index (κ2) is 9.64. The molecule has 0 amide bonds. The molecule has 0 bridgehead atoms. The smallest absolute Gasteiger partial charge is 0.193 e. The van der Waals surface area contributed by atoms with Crippen molar-refractivity contribution in [1.82, 2.24) is 0 Å². The van der Waals surface area contributed by atoms with Crippen LogP contribution in [0.1, 0.15) is 0 Å². The van der Waals surface area contributed by atoms with Crippen LogP contribution in [0.3, 0.4) is 0 Å². The summed E-state index contributed by atoms with van der Waals surface area (Å²) >= 11 is 0. The van der Waals surface area contributed by atoms with Gasteiger partial charge in [0.2, 0.25) is 0 Å². The number of fused-ring (bicyclic) bond motifs is 2. The van der Waals surface area contributed by atoms with Crippen LogP contribution >= 0.6 is 0 Å². The summed E-state index contributed by atoms with van der Waals surface area (Å²) in [5.74, 6) is 0.366. The van der Waals surface area contributed by atoms with Crippen LogP contribution in [0.2, 0.25) is 0 Å². The maximum absolute atomic E-state index is 12.0. The Morgan fingerprint density at radius 2 is 0.944 bits per heavy atom. The molecule has 0 unspecified atom stereocenters. The summed E-state index contributed by atoms with van der Waals surface area (Å²) in [6, 6.07) is 31.4. The lowest BCUT2D eigenvalue weighted by Crippen LogP contribution is -2.00. The fourth-order valence-electron chi connectivity index (χ4n) is 3.77. The van der Waals surface area contributed by atoms with Gasteiger partial charge >= 0.3 is 0 Å². The molecule has 0 saturated heterocycles. The first-order valence-corrected chi connectivity index (χ1v) is 11.1. The van der Waals surface area contributed by atoms with Gasteiger partial charge in [-0.05, 0) is 18.2 Å². The van der Waals surface area contributed by atoms with E-state index in [2.05, 4.69) is 0 Å². The fraction of sp³-hybridized carbons (Fsp3) is 0. The summed E-state index contributed by atoms with van der Waals surface area (Å²) in [6.45, 7) is 0. The Labute approximate surface area is 204 Å². The zero-order chi connectivity index (χ0) is 25.1. The molecule has 36 heavy (non-hydrogen) atoms. The molecule has 6 aromatic rings. The van der Waals surface area contributed by atoms with Crippen LogP contribution in [0.5, 0.6) is 11.5 Å². The maximum Gasteiger partial charge on any atom is 0.193 e. The highest BCUT2D eigenvalue weighted by Gasteiger charge is 2.10. The Morgan fingerprint density at radius 1 is 0.472 bits per heavy atom.